The molecule has 1 heterocycles. The summed E-state index contributed by atoms with van der Waals surface area (Å²) in [5.74, 6) is 0.818. The Bertz CT molecular complexity index is 321. The summed E-state index contributed by atoms with van der Waals surface area (Å²) in [7, 11) is 3.23. The van der Waals surface area contributed by atoms with Gasteiger partial charge in [-0.25, -0.2) is 0 Å². The van der Waals surface area contributed by atoms with Gasteiger partial charge in [0.1, 0.15) is 6.10 Å². The number of ether oxygens (including phenoxy) is 2. The van der Waals surface area contributed by atoms with E-state index in [-0.39, 0.29) is 18.1 Å². The molecular weight excluding hydrogens is 208 g/mol. The summed E-state index contributed by atoms with van der Waals surface area (Å²) >= 11 is 0. The van der Waals surface area contributed by atoms with Crippen LogP contribution in [-0.4, -0.2) is 35.2 Å². The van der Waals surface area contributed by atoms with Crippen molar-refractivity contribution in [2.75, 3.05) is 19.5 Å². The Morgan fingerprint density at radius 3 is 2.19 bits per heavy atom. The van der Waals surface area contributed by atoms with Crippen molar-refractivity contribution in [3.8, 4) is 12.0 Å². The SMILES string of the molecule is CNc1nc(OC)nc(OC(C)C(C)C)n1. The van der Waals surface area contributed by atoms with Crippen LogP contribution in [-0.2, 0) is 0 Å². The smallest absolute Gasteiger partial charge is 0.324 e. The van der Waals surface area contributed by atoms with E-state index < -0.39 is 0 Å². The molecule has 6 heteroatoms. The number of rotatable bonds is 5. The summed E-state index contributed by atoms with van der Waals surface area (Å²) in [6.07, 6.45) is 0.0387. The van der Waals surface area contributed by atoms with Gasteiger partial charge in [-0.3, -0.25) is 0 Å². The lowest BCUT2D eigenvalue weighted by molar-refractivity contribution is 0.153. The predicted octanol–water partition coefficient (Wildman–Crippen LogP) is 1.35. The average molecular weight is 226 g/mol. The fraction of sp³-hybridized carbons (Fsp3) is 0.700. The molecule has 6 nitrogen and oxygen atoms in total. The zero-order valence-corrected chi connectivity index (χ0v) is 10.3. The number of anilines is 1. The highest BCUT2D eigenvalue weighted by molar-refractivity contribution is 5.26. The summed E-state index contributed by atoms with van der Waals surface area (Å²) in [6.45, 7) is 6.12. The van der Waals surface area contributed by atoms with E-state index in [9.17, 15) is 0 Å². The molecule has 0 amide bonds. The molecule has 1 N–H and O–H groups in total. The molecule has 1 aromatic rings. The van der Waals surface area contributed by atoms with Crippen molar-refractivity contribution >= 4 is 5.95 Å². The third-order valence-corrected chi connectivity index (χ3v) is 2.23. The second kappa shape index (κ2) is 5.48. The van der Waals surface area contributed by atoms with E-state index in [4.69, 9.17) is 9.47 Å². The zero-order valence-electron chi connectivity index (χ0n) is 10.3. The van der Waals surface area contributed by atoms with Crippen molar-refractivity contribution in [1.29, 1.82) is 0 Å². The lowest BCUT2D eigenvalue weighted by atomic mass is 10.1. The van der Waals surface area contributed by atoms with Gasteiger partial charge in [-0.1, -0.05) is 13.8 Å². The molecule has 0 radical (unpaired) electrons. The minimum atomic E-state index is 0.0387. The summed E-state index contributed by atoms with van der Waals surface area (Å²) in [5, 5.41) is 2.82. The maximum atomic E-state index is 5.58. The number of nitrogens with zero attached hydrogens (tertiary/aromatic N) is 3. The zero-order chi connectivity index (χ0) is 12.1. The number of methoxy groups -OCH3 is 1. The first kappa shape index (κ1) is 12.5. The minimum absolute atomic E-state index is 0.0387. The first-order valence-corrected chi connectivity index (χ1v) is 5.21. The summed E-state index contributed by atoms with van der Waals surface area (Å²) in [6, 6.07) is 0.516. The quantitative estimate of drug-likeness (QED) is 0.817. The third-order valence-electron chi connectivity index (χ3n) is 2.23. The molecule has 0 aliphatic rings. The molecule has 1 atom stereocenters. The molecule has 16 heavy (non-hydrogen) atoms. The fourth-order valence-corrected chi connectivity index (χ4v) is 0.896. The summed E-state index contributed by atoms with van der Waals surface area (Å²) < 4.78 is 10.5. The summed E-state index contributed by atoms with van der Waals surface area (Å²) in [4.78, 5) is 12.1. The van der Waals surface area contributed by atoms with E-state index in [1.807, 2.05) is 6.92 Å². The van der Waals surface area contributed by atoms with E-state index in [0.29, 0.717) is 11.9 Å². The largest absolute Gasteiger partial charge is 0.467 e. The second-order valence-corrected chi connectivity index (χ2v) is 3.75. The van der Waals surface area contributed by atoms with Crippen LogP contribution >= 0.6 is 0 Å². The number of hydrogen-bond donors (Lipinski definition) is 1. The molecule has 1 rings (SSSR count). The molecular formula is C10H18N4O2. The van der Waals surface area contributed by atoms with Gasteiger partial charge in [0.2, 0.25) is 5.95 Å². The van der Waals surface area contributed by atoms with Crippen molar-refractivity contribution in [2.24, 2.45) is 5.92 Å². The van der Waals surface area contributed by atoms with Gasteiger partial charge in [0.15, 0.2) is 0 Å². The topological polar surface area (TPSA) is 69.2 Å². The van der Waals surface area contributed by atoms with Crippen LogP contribution in [0.3, 0.4) is 0 Å². The van der Waals surface area contributed by atoms with Crippen LogP contribution in [0.4, 0.5) is 5.95 Å². The van der Waals surface area contributed by atoms with Crippen molar-refractivity contribution in [3.63, 3.8) is 0 Å². The first-order chi connectivity index (χ1) is 7.56. The van der Waals surface area contributed by atoms with Crippen molar-refractivity contribution < 1.29 is 9.47 Å². The standard InChI is InChI=1S/C10H18N4O2/c1-6(2)7(3)16-10-13-8(11-4)12-9(14-10)15-5/h6-7H,1-5H3,(H,11,12,13,14). The van der Waals surface area contributed by atoms with Crippen LogP contribution < -0.4 is 14.8 Å². The monoisotopic (exact) mass is 226 g/mol. The highest BCUT2D eigenvalue weighted by atomic mass is 16.5. The van der Waals surface area contributed by atoms with Gasteiger partial charge in [-0.2, -0.15) is 9.97 Å². The molecule has 0 bridgehead atoms. The van der Waals surface area contributed by atoms with E-state index >= 15 is 0 Å². The molecule has 0 aromatic carbocycles. The summed E-state index contributed by atoms with van der Waals surface area (Å²) in [5.41, 5.74) is 0. The molecule has 0 saturated carbocycles. The molecule has 90 valence electrons. The maximum Gasteiger partial charge on any atom is 0.324 e. The molecule has 0 fully saturated rings. The van der Waals surface area contributed by atoms with Gasteiger partial charge < -0.3 is 14.8 Å². The van der Waals surface area contributed by atoms with Crippen LogP contribution in [0.25, 0.3) is 0 Å². The third kappa shape index (κ3) is 3.22. The molecule has 1 aromatic heterocycles. The van der Waals surface area contributed by atoms with Crippen LogP contribution in [0.1, 0.15) is 20.8 Å². The Labute approximate surface area is 95.4 Å². The van der Waals surface area contributed by atoms with Crippen LogP contribution in [0.2, 0.25) is 0 Å². The molecule has 0 spiro atoms. The highest BCUT2D eigenvalue weighted by Gasteiger charge is 2.13. The van der Waals surface area contributed by atoms with Crippen LogP contribution in [0, 0.1) is 5.92 Å². The predicted molar refractivity (Wildman–Crippen MR) is 60.9 cm³/mol. The Morgan fingerprint density at radius 1 is 1.06 bits per heavy atom. The first-order valence-electron chi connectivity index (χ1n) is 5.21. The molecule has 1 unspecified atom stereocenters. The normalized spacial score (nSPS) is 12.4. The van der Waals surface area contributed by atoms with Crippen molar-refractivity contribution in [1.82, 2.24) is 15.0 Å². The van der Waals surface area contributed by atoms with Gasteiger partial charge >= 0.3 is 12.0 Å². The van der Waals surface area contributed by atoms with E-state index in [0.717, 1.165) is 0 Å². The minimum Gasteiger partial charge on any atom is -0.467 e. The molecule has 0 aliphatic carbocycles. The lowest BCUT2D eigenvalue weighted by Crippen LogP contribution is -2.20. The van der Waals surface area contributed by atoms with Gasteiger partial charge in [0.05, 0.1) is 7.11 Å². The Balaban J connectivity index is 2.86. The van der Waals surface area contributed by atoms with Gasteiger partial charge in [-0.05, 0) is 12.8 Å². The number of aromatic nitrogens is 3. The van der Waals surface area contributed by atoms with Gasteiger partial charge in [0, 0.05) is 7.05 Å². The van der Waals surface area contributed by atoms with Gasteiger partial charge in [-0.15, -0.1) is 4.98 Å². The lowest BCUT2D eigenvalue weighted by Gasteiger charge is -2.16. The maximum absolute atomic E-state index is 5.58. The van der Waals surface area contributed by atoms with E-state index in [1.165, 1.54) is 7.11 Å². The second-order valence-electron chi connectivity index (χ2n) is 3.75. The highest BCUT2D eigenvalue weighted by Crippen LogP contribution is 2.15. The molecule has 0 aliphatic heterocycles. The number of nitrogens with one attached hydrogen (secondary N) is 1. The number of hydrogen-bond acceptors (Lipinski definition) is 6. The Hall–Kier alpha value is -1.59. The fourth-order valence-electron chi connectivity index (χ4n) is 0.896. The van der Waals surface area contributed by atoms with Crippen molar-refractivity contribution in [2.45, 2.75) is 26.9 Å². The van der Waals surface area contributed by atoms with Crippen molar-refractivity contribution in [3.05, 3.63) is 0 Å². The molecule has 0 saturated heterocycles. The van der Waals surface area contributed by atoms with Gasteiger partial charge in [0.25, 0.3) is 0 Å². The van der Waals surface area contributed by atoms with Crippen LogP contribution in [0.5, 0.6) is 12.0 Å². The van der Waals surface area contributed by atoms with E-state index in [2.05, 4.69) is 34.1 Å². The average Bonchev–Trinajstić information content (AvgIpc) is 2.28. The van der Waals surface area contributed by atoms with E-state index in [1.54, 1.807) is 7.05 Å². The Kier molecular flexibility index (Phi) is 4.28. The Morgan fingerprint density at radius 2 is 1.69 bits per heavy atom. The van der Waals surface area contributed by atoms with Crippen LogP contribution in [0.15, 0.2) is 0 Å².